The number of anilines is 2. The van der Waals surface area contributed by atoms with Gasteiger partial charge in [-0.25, -0.2) is 29.9 Å². The van der Waals surface area contributed by atoms with Crippen LogP contribution in [0.25, 0.3) is 11.4 Å². The predicted molar refractivity (Wildman–Crippen MR) is 146 cm³/mol. The summed E-state index contributed by atoms with van der Waals surface area (Å²) in [6.07, 6.45) is 15.7. The number of nitrogens with zero attached hydrogens (tertiary/aromatic N) is 10. The van der Waals surface area contributed by atoms with E-state index in [2.05, 4.69) is 46.8 Å². The molecule has 1 aliphatic heterocycles. The lowest BCUT2D eigenvalue weighted by molar-refractivity contribution is 0.0390. The minimum atomic E-state index is -0.0159. The highest BCUT2D eigenvalue weighted by atomic mass is 16.5. The van der Waals surface area contributed by atoms with Crippen molar-refractivity contribution in [2.24, 2.45) is 7.05 Å². The summed E-state index contributed by atoms with van der Waals surface area (Å²) in [6.45, 7) is 2.63. The lowest BCUT2D eigenvalue weighted by atomic mass is 10.2. The van der Waals surface area contributed by atoms with Gasteiger partial charge in [0.25, 0.3) is 0 Å². The largest absolute Gasteiger partial charge is 0.394 e. The Labute approximate surface area is 231 Å². The maximum Gasteiger partial charge on any atom is 0.229 e. The molecule has 0 radical (unpaired) electrons. The summed E-state index contributed by atoms with van der Waals surface area (Å²) in [6, 6.07) is 1.78. The van der Waals surface area contributed by atoms with E-state index in [-0.39, 0.29) is 13.2 Å². The molecule has 1 aliphatic rings. The molecule has 5 rings (SSSR count). The van der Waals surface area contributed by atoms with Crippen molar-refractivity contribution in [2.45, 2.75) is 0 Å². The predicted octanol–water partition coefficient (Wildman–Crippen LogP) is 1.05. The van der Waals surface area contributed by atoms with Crippen LogP contribution >= 0.6 is 0 Å². The topological polar surface area (TPSA) is 140 Å². The summed E-state index contributed by atoms with van der Waals surface area (Å²) in [7, 11) is 1.85. The van der Waals surface area contributed by atoms with E-state index in [0.29, 0.717) is 61.8 Å². The van der Waals surface area contributed by atoms with E-state index < -0.39 is 0 Å². The van der Waals surface area contributed by atoms with Crippen molar-refractivity contribution in [2.75, 3.05) is 55.9 Å². The number of rotatable bonds is 10. The Bertz CT molecular complexity index is 1460. The fourth-order valence-electron chi connectivity index (χ4n) is 3.82. The first kappa shape index (κ1) is 26.8. The molecule has 0 atom stereocenters. The number of aromatic nitrogens is 8. The van der Waals surface area contributed by atoms with E-state index in [1.165, 1.54) is 0 Å². The molecule has 4 aromatic rings. The molecule has 13 nitrogen and oxygen atoms in total. The average molecular weight is 541 g/mol. The van der Waals surface area contributed by atoms with Crippen LogP contribution in [0.15, 0.2) is 67.5 Å². The summed E-state index contributed by atoms with van der Waals surface area (Å²) >= 11 is 0. The Kier molecular flexibility index (Phi) is 8.95. The molecular weight excluding hydrogens is 512 g/mol. The van der Waals surface area contributed by atoms with Gasteiger partial charge in [-0.1, -0.05) is 11.8 Å². The molecule has 204 valence electrons. The third-order valence-electron chi connectivity index (χ3n) is 5.73. The first-order valence-electron chi connectivity index (χ1n) is 12.6. The second kappa shape index (κ2) is 13.3. The van der Waals surface area contributed by atoms with Crippen LogP contribution in [-0.2, 0) is 16.5 Å². The van der Waals surface area contributed by atoms with Crippen LogP contribution in [0, 0.1) is 11.8 Å². The van der Waals surface area contributed by atoms with Crippen LogP contribution in [-0.4, -0.2) is 90.9 Å². The Balaban J connectivity index is 1.25. The van der Waals surface area contributed by atoms with Gasteiger partial charge in [0.05, 0.1) is 61.6 Å². The molecule has 0 aromatic carbocycles. The highest BCUT2D eigenvalue weighted by Crippen LogP contribution is 2.21. The van der Waals surface area contributed by atoms with Crippen molar-refractivity contribution in [1.82, 2.24) is 39.7 Å². The fourth-order valence-corrected chi connectivity index (χ4v) is 3.82. The zero-order valence-corrected chi connectivity index (χ0v) is 22.0. The minimum absolute atomic E-state index is 0.0159. The standard InChI is InChI=1S/C27H28N10O3/c1-35-18-23(17-34-35)25-30-13-21(14-31-25)3-4-22-15-32-26(33-16-22)36-7-8-37(27-28-5-2-6-29-27)24(19-36)20-40-12-11-39-10-9-38/h2,5-6,13-19,38H,7-12,20H2,1H3. The normalized spacial score (nSPS) is 13.1. The molecule has 40 heavy (non-hydrogen) atoms. The van der Waals surface area contributed by atoms with Crippen molar-refractivity contribution in [1.29, 1.82) is 0 Å². The fraction of sp³-hybridized carbons (Fsp3) is 0.296. The first-order chi connectivity index (χ1) is 19.7. The van der Waals surface area contributed by atoms with Crippen LogP contribution in [0.1, 0.15) is 11.1 Å². The molecule has 0 spiro atoms. The summed E-state index contributed by atoms with van der Waals surface area (Å²) < 4.78 is 12.8. The second-order valence-electron chi connectivity index (χ2n) is 8.62. The van der Waals surface area contributed by atoms with Gasteiger partial charge in [0, 0.05) is 69.7 Å². The van der Waals surface area contributed by atoms with E-state index in [0.717, 1.165) is 11.3 Å². The molecule has 13 heteroatoms. The Morgan fingerprint density at radius 1 is 0.825 bits per heavy atom. The average Bonchev–Trinajstić information content (AvgIpc) is 3.45. The van der Waals surface area contributed by atoms with Crippen molar-refractivity contribution >= 4 is 11.9 Å². The van der Waals surface area contributed by atoms with Gasteiger partial charge in [0.1, 0.15) is 0 Å². The maximum absolute atomic E-state index is 8.84. The lowest BCUT2D eigenvalue weighted by Crippen LogP contribution is -2.41. The van der Waals surface area contributed by atoms with Crippen molar-refractivity contribution in [3.8, 4) is 23.2 Å². The van der Waals surface area contributed by atoms with Gasteiger partial charge in [0.15, 0.2) is 5.82 Å². The van der Waals surface area contributed by atoms with E-state index in [4.69, 9.17) is 14.6 Å². The molecule has 5 heterocycles. The third-order valence-corrected chi connectivity index (χ3v) is 5.73. The van der Waals surface area contributed by atoms with Gasteiger partial charge in [-0.15, -0.1) is 0 Å². The van der Waals surface area contributed by atoms with Gasteiger partial charge >= 0.3 is 0 Å². The van der Waals surface area contributed by atoms with Crippen LogP contribution in [0.5, 0.6) is 0 Å². The van der Waals surface area contributed by atoms with Crippen LogP contribution in [0.2, 0.25) is 0 Å². The maximum atomic E-state index is 8.84. The van der Waals surface area contributed by atoms with Gasteiger partial charge in [-0.05, 0) is 6.07 Å². The third kappa shape index (κ3) is 7.00. The number of ether oxygens (including phenoxy) is 2. The van der Waals surface area contributed by atoms with Crippen molar-refractivity contribution in [3.05, 3.63) is 78.7 Å². The Morgan fingerprint density at radius 2 is 1.52 bits per heavy atom. The van der Waals surface area contributed by atoms with Gasteiger partial charge in [-0.2, -0.15) is 5.10 Å². The summed E-state index contributed by atoms with van der Waals surface area (Å²) in [5.41, 5.74) is 3.07. The minimum Gasteiger partial charge on any atom is -0.394 e. The second-order valence-corrected chi connectivity index (χ2v) is 8.62. The van der Waals surface area contributed by atoms with Gasteiger partial charge < -0.3 is 24.4 Å². The van der Waals surface area contributed by atoms with E-state index >= 15 is 0 Å². The molecule has 0 unspecified atom stereocenters. The molecule has 0 aliphatic carbocycles. The first-order valence-corrected chi connectivity index (χ1v) is 12.6. The van der Waals surface area contributed by atoms with E-state index in [9.17, 15) is 0 Å². The summed E-state index contributed by atoms with van der Waals surface area (Å²) in [4.78, 5) is 30.5. The smallest absolute Gasteiger partial charge is 0.229 e. The molecule has 1 N–H and O–H groups in total. The monoisotopic (exact) mass is 540 g/mol. The van der Waals surface area contributed by atoms with E-state index in [1.54, 1.807) is 54.1 Å². The number of aryl methyl sites for hydroxylation is 1. The number of aliphatic hydroxyl groups is 1. The molecule has 4 aromatic heterocycles. The quantitative estimate of drug-likeness (QED) is 0.227. The molecule has 0 saturated heterocycles. The number of aliphatic hydroxyl groups excluding tert-OH is 1. The Morgan fingerprint density at radius 3 is 2.20 bits per heavy atom. The zero-order chi connectivity index (χ0) is 27.6. The highest BCUT2D eigenvalue weighted by Gasteiger charge is 2.23. The SMILES string of the molecule is Cn1cc(-c2ncc(C#Cc3cnc(N4C=C(COCCOCCO)N(c5ncccn5)CC4)nc3)cn2)cn1. The highest BCUT2D eigenvalue weighted by molar-refractivity contribution is 5.53. The van der Waals surface area contributed by atoms with Crippen LogP contribution in [0.4, 0.5) is 11.9 Å². The molecule has 0 saturated carbocycles. The van der Waals surface area contributed by atoms with E-state index in [1.807, 2.05) is 29.2 Å². The molecule has 0 amide bonds. The number of hydrogen-bond donors (Lipinski definition) is 1. The van der Waals surface area contributed by atoms with Crippen LogP contribution < -0.4 is 9.80 Å². The van der Waals surface area contributed by atoms with Gasteiger partial charge in [0.2, 0.25) is 11.9 Å². The molecule has 0 bridgehead atoms. The van der Waals surface area contributed by atoms with Crippen molar-refractivity contribution in [3.63, 3.8) is 0 Å². The summed E-state index contributed by atoms with van der Waals surface area (Å²) in [5.74, 6) is 7.86. The lowest BCUT2D eigenvalue weighted by Gasteiger charge is -2.33. The Hall–Kier alpha value is -4.77. The molecular formula is C27H28N10O3. The summed E-state index contributed by atoms with van der Waals surface area (Å²) in [5, 5.41) is 13.0. The zero-order valence-electron chi connectivity index (χ0n) is 22.0. The number of hydrogen-bond acceptors (Lipinski definition) is 12. The van der Waals surface area contributed by atoms with Crippen LogP contribution in [0.3, 0.4) is 0 Å². The molecule has 0 fully saturated rings. The van der Waals surface area contributed by atoms with Gasteiger partial charge in [-0.3, -0.25) is 4.68 Å². The van der Waals surface area contributed by atoms with Crippen molar-refractivity contribution < 1.29 is 14.6 Å².